The van der Waals surface area contributed by atoms with E-state index in [1.807, 2.05) is 19.9 Å². The zero-order valence-corrected chi connectivity index (χ0v) is 13.7. The fourth-order valence-electron chi connectivity index (χ4n) is 2.92. The molecular weight excluding hydrogens is 310 g/mol. The van der Waals surface area contributed by atoms with Crippen LogP contribution >= 0.6 is 0 Å². The van der Waals surface area contributed by atoms with E-state index >= 15 is 0 Å². The van der Waals surface area contributed by atoms with Gasteiger partial charge in [0.05, 0.1) is 12.8 Å². The van der Waals surface area contributed by atoms with Crippen LogP contribution in [0.5, 0.6) is 11.5 Å². The van der Waals surface area contributed by atoms with Crippen molar-refractivity contribution in [1.82, 2.24) is 9.78 Å². The number of aliphatic hydroxyl groups is 1. The highest BCUT2D eigenvalue weighted by Crippen LogP contribution is 2.37. The number of fused-ring (bicyclic) bond motifs is 1. The van der Waals surface area contributed by atoms with E-state index in [0.29, 0.717) is 30.3 Å². The summed E-state index contributed by atoms with van der Waals surface area (Å²) in [5.41, 5.74) is 7.77. The molecular formula is C17H21N3O4. The first-order valence-electron chi connectivity index (χ1n) is 7.88. The lowest BCUT2D eigenvalue weighted by molar-refractivity contribution is -0.122. The van der Waals surface area contributed by atoms with Crippen LogP contribution in [-0.2, 0) is 11.4 Å². The highest BCUT2D eigenvalue weighted by Gasteiger charge is 2.23. The molecule has 0 bridgehead atoms. The molecule has 0 fully saturated rings. The lowest BCUT2D eigenvalue weighted by Crippen LogP contribution is -2.30. The first-order chi connectivity index (χ1) is 11.5. The van der Waals surface area contributed by atoms with Gasteiger partial charge < -0.3 is 20.3 Å². The molecule has 0 spiro atoms. The zero-order valence-electron chi connectivity index (χ0n) is 13.7. The Morgan fingerprint density at radius 1 is 1.33 bits per heavy atom. The van der Waals surface area contributed by atoms with Crippen LogP contribution in [-0.4, -0.2) is 34.0 Å². The molecule has 1 aliphatic rings. The Balaban J connectivity index is 2.02. The summed E-state index contributed by atoms with van der Waals surface area (Å²) in [6.45, 7) is 4.67. The predicted octanol–water partition coefficient (Wildman–Crippen LogP) is 1.50. The molecule has 3 N–H and O–H groups in total. The molecule has 7 heteroatoms. The summed E-state index contributed by atoms with van der Waals surface area (Å²) < 4.78 is 12.7. The molecule has 2 heterocycles. The summed E-state index contributed by atoms with van der Waals surface area (Å²) in [6, 6.07) is 3.08. The Labute approximate surface area is 140 Å². The van der Waals surface area contributed by atoms with E-state index in [9.17, 15) is 9.90 Å². The van der Waals surface area contributed by atoms with Crippen LogP contribution in [0.3, 0.4) is 0 Å². The van der Waals surface area contributed by atoms with Crippen LogP contribution in [0.1, 0.15) is 25.5 Å². The van der Waals surface area contributed by atoms with Crippen LogP contribution < -0.4 is 15.2 Å². The molecule has 1 aromatic heterocycles. The van der Waals surface area contributed by atoms with Crippen molar-refractivity contribution >= 4 is 5.91 Å². The second-order valence-corrected chi connectivity index (χ2v) is 6.11. The molecule has 1 unspecified atom stereocenters. The second-order valence-electron chi connectivity index (χ2n) is 6.11. The topological polar surface area (TPSA) is 99.6 Å². The van der Waals surface area contributed by atoms with Gasteiger partial charge in [0.15, 0.2) is 11.5 Å². The standard InChI is InChI=1S/C17H21N3O4/c1-10(2)16(17(18)22)20-8-12(7-19-20)13-6-15-14(5-11(13)9-21)23-3-4-24-15/h5-8,10,16,21H,3-4,9H2,1-2H3,(H2,18,22). The Morgan fingerprint density at radius 3 is 2.58 bits per heavy atom. The predicted molar refractivity (Wildman–Crippen MR) is 87.6 cm³/mol. The number of nitrogens with two attached hydrogens (primary N) is 1. The molecule has 3 rings (SSSR count). The van der Waals surface area contributed by atoms with Crippen LogP contribution in [0.2, 0.25) is 0 Å². The van der Waals surface area contributed by atoms with Crippen molar-refractivity contribution in [3.8, 4) is 22.6 Å². The summed E-state index contributed by atoms with van der Waals surface area (Å²) in [7, 11) is 0. The monoisotopic (exact) mass is 331 g/mol. The van der Waals surface area contributed by atoms with E-state index in [2.05, 4.69) is 5.10 Å². The highest BCUT2D eigenvalue weighted by atomic mass is 16.6. The Kier molecular flexibility index (Phi) is 4.44. The SMILES string of the molecule is CC(C)C(C(N)=O)n1cc(-c2cc3c(cc2CO)OCCO3)cn1. The van der Waals surface area contributed by atoms with Gasteiger partial charge in [-0.3, -0.25) is 9.48 Å². The van der Waals surface area contributed by atoms with Gasteiger partial charge in [-0.15, -0.1) is 0 Å². The van der Waals surface area contributed by atoms with Gasteiger partial charge in [0.1, 0.15) is 19.3 Å². The third-order valence-electron chi connectivity index (χ3n) is 4.06. The molecule has 1 aliphatic heterocycles. The normalized spacial score (nSPS) is 14.7. The molecule has 0 aliphatic carbocycles. The minimum Gasteiger partial charge on any atom is -0.486 e. The molecule has 1 aromatic carbocycles. The van der Waals surface area contributed by atoms with E-state index in [4.69, 9.17) is 15.2 Å². The number of amides is 1. The summed E-state index contributed by atoms with van der Waals surface area (Å²) in [6.07, 6.45) is 3.42. The van der Waals surface area contributed by atoms with Crippen molar-refractivity contribution in [2.24, 2.45) is 11.7 Å². The summed E-state index contributed by atoms with van der Waals surface area (Å²) in [4.78, 5) is 11.7. The van der Waals surface area contributed by atoms with Gasteiger partial charge in [0, 0.05) is 11.8 Å². The van der Waals surface area contributed by atoms with Crippen LogP contribution in [0.25, 0.3) is 11.1 Å². The van der Waals surface area contributed by atoms with Gasteiger partial charge in [-0.1, -0.05) is 13.8 Å². The van der Waals surface area contributed by atoms with Crippen molar-refractivity contribution in [3.63, 3.8) is 0 Å². The number of hydrogen-bond donors (Lipinski definition) is 2. The fraction of sp³-hybridized carbons (Fsp3) is 0.412. The average Bonchev–Trinajstić information content (AvgIpc) is 3.02. The number of benzene rings is 1. The number of aliphatic hydroxyl groups excluding tert-OH is 1. The largest absolute Gasteiger partial charge is 0.486 e. The maximum absolute atomic E-state index is 11.7. The van der Waals surface area contributed by atoms with E-state index in [1.54, 1.807) is 23.1 Å². The number of carbonyl (C=O) groups excluding carboxylic acids is 1. The molecule has 1 atom stereocenters. The van der Waals surface area contributed by atoms with E-state index in [0.717, 1.165) is 11.1 Å². The maximum Gasteiger partial charge on any atom is 0.242 e. The van der Waals surface area contributed by atoms with Crippen molar-refractivity contribution in [2.75, 3.05) is 13.2 Å². The lowest BCUT2D eigenvalue weighted by Gasteiger charge is -2.20. The third kappa shape index (κ3) is 2.94. The number of rotatable bonds is 5. The molecule has 0 radical (unpaired) electrons. The Hall–Kier alpha value is -2.54. The van der Waals surface area contributed by atoms with E-state index in [1.165, 1.54) is 0 Å². The van der Waals surface area contributed by atoms with E-state index < -0.39 is 11.9 Å². The molecule has 7 nitrogen and oxygen atoms in total. The minimum absolute atomic E-state index is 0.0211. The first-order valence-corrected chi connectivity index (χ1v) is 7.88. The number of nitrogens with zero attached hydrogens (tertiary/aromatic N) is 2. The molecule has 2 aromatic rings. The van der Waals surface area contributed by atoms with Crippen molar-refractivity contribution in [2.45, 2.75) is 26.5 Å². The van der Waals surface area contributed by atoms with Crippen LogP contribution in [0, 0.1) is 5.92 Å². The van der Waals surface area contributed by atoms with Crippen molar-refractivity contribution < 1.29 is 19.4 Å². The third-order valence-corrected chi connectivity index (χ3v) is 4.06. The number of hydrogen-bond acceptors (Lipinski definition) is 5. The molecule has 0 saturated heterocycles. The summed E-state index contributed by atoms with van der Waals surface area (Å²) in [5.74, 6) is 0.854. The number of carbonyl (C=O) groups is 1. The Bertz CT molecular complexity index is 754. The number of ether oxygens (including phenoxy) is 2. The summed E-state index contributed by atoms with van der Waals surface area (Å²) >= 11 is 0. The maximum atomic E-state index is 11.7. The van der Waals surface area contributed by atoms with Gasteiger partial charge in [-0.25, -0.2) is 0 Å². The molecule has 1 amide bonds. The van der Waals surface area contributed by atoms with Gasteiger partial charge in [0.2, 0.25) is 5.91 Å². The average molecular weight is 331 g/mol. The number of aromatic nitrogens is 2. The zero-order chi connectivity index (χ0) is 17.3. The lowest BCUT2D eigenvalue weighted by atomic mass is 10.0. The molecule has 24 heavy (non-hydrogen) atoms. The van der Waals surface area contributed by atoms with Gasteiger partial charge >= 0.3 is 0 Å². The minimum atomic E-state index is -0.520. The van der Waals surface area contributed by atoms with Gasteiger partial charge in [-0.05, 0) is 29.2 Å². The fourth-order valence-corrected chi connectivity index (χ4v) is 2.92. The highest BCUT2D eigenvalue weighted by molar-refractivity contribution is 5.79. The van der Waals surface area contributed by atoms with Crippen molar-refractivity contribution in [1.29, 1.82) is 0 Å². The first kappa shape index (κ1) is 16.3. The quantitative estimate of drug-likeness (QED) is 0.865. The van der Waals surface area contributed by atoms with E-state index in [-0.39, 0.29) is 12.5 Å². The van der Waals surface area contributed by atoms with Gasteiger partial charge in [-0.2, -0.15) is 5.10 Å². The van der Waals surface area contributed by atoms with Crippen LogP contribution in [0.15, 0.2) is 24.5 Å². The molecule has 128 valence electrons. The van der Waals surface area contributed by atoms with Crippen molar-refractivity contribution in [3.05, 3.63) is 30.1 Å². The smallest absolute Gasteiger partial charge is 0.242 e. The molecule has 0 saturated carbocycles. The summed E-state index contributed by atoms with van der Waals surface area (Å²) in [5, 5.41) is 14.0. The van der Waals surface area contributed by atoms with Gasteiger partial charge in [0.25, 0.3) is 0 Å². The number of primary amides is 1. The second kappa shape index (κ2) is 6.52. The Morgan fingerprint density at radius 2 is 2.00 bits per heavy atom. The van der Waals surface area contributed by atoms with Crippen LogP contribution in [0.4, 0.5) is 0 Å².